The molecule has 0 bridgehead atoms. The lowest BCUT2D eigenvalue weighted by Crippen LogP contribution is -2.12. The van der Waals surface area contributed by atoms with Crippen LogP contribution in [0, 0.1) is 0 Å². The van der Waals surface area contributed by atoms with Crippen molar-refractivity contribution in [1.82, 2.24) is 0 Å². The van der Waals surface area contributed by atoms with Crippen LogP contribution in [-0.2, 0) is 19.8 Å². The molecule has 0 saturated heterocycles. The molecule has 5 nitrogen and oxygen atoms in total. The van der Waals surface area contributed by atoms with E-state index in [2.05, 4.69) is 0 Å². The normalized spacial score (nSPS) is 10.5. The first-order chi connectivity index (χ1) is 16.7. The van der Waals surface area contributed by atoms with Crippen molar-refractivity contribution in [2.75, 3.05) is 6.61 Å². The van der Waals surface area contributed by atoms with Gasteiger partial charge in [-0.3, -0.25) is 4.79 Å². The number of hydrogen-bond acceptors (Lipinski definition) is 5. The third kappa shape index (κ3) is 6.47. The van der Waals surface area contributed by atoms with E-state index in [0.717, 1.165) is 11.1 Å². The van der Waals surface area contributed by atoms with E-state index in [1.807, 2.05) is 60.7 Å². The van der Waals surface area contributed by atoms with Gasteiger partial charge in [0.1, 0.15) is 30.5 Å². The summed E-state index contributed by atoms with van der Waals surface area (Å²) in [6, 6.07) is 31.9. The minimum absolute atomic E-state index is 0.153. The minimum Gasteiger partial charge on any atom is -0.489 e. The lowest BCUT2D eigenvalue weighted by molar-refractivity contribution is 0.0919. The van der Waals surface area contributed by atoms with Crippen LogP contribution in [0.5, 0.6) is 17.2 Å². The van der Waals surface area contributed by atoms with Crippen molar-refractivity contribution < 1.29 is 24.1 Å². The SMILES string of the molecule is O=C(COc1cc(OCc2ccccc2)ccc1CO)c1ccc(OCc2ccccc2)cc1. The van der Waals surface area contributed by atoms with Crippen LogP contribution in [0.25, 0.3) is 0 Å². The maximum atomic E-state index is 12.6. The molecule has 34 heavy (non-hydrogen) atoms. The second kappa shape index (κ2) is 11.7. The third-order valence-corrected chi connectivity index (χ3v) is 5.24. The van der Waals surface area contributed by atoms with Gasteiger partial charge < -0.3 is 19.3 Å². The number of carbonyl (C=O) groups excluding carboxylic acids is 1. The number of carbonyl (C=O) groups is 1. The van der Waals surface area contributed by atoms with E-state index < -0.39 is 0 Å². The van der Waals surface area contributed by atoms with Crippen LogP contribution < -0.4 is 14.2 Å². The van der Waals surface area contributed by atoms with Gasteiger partial charge in [0.2, 0.25) is 0 Å². The molecule has 4 aromatic rings. The molecule has 0 aromatic heterocycles. The van der Waals surface area contributed by atoms with Crippen LogP contribution in [-0.4, -0.2) is 17.5 Å². The largest absolute Gasteiger partial charge is 0.489 e. The molecular formula is C29H26O5. The second-order valence-electron chi connectivity index (χ2n) is 7.71. The Morgan fingerprint density at radius 1 is 0.647 bits per heavy atom. The number of benzene rings is 4. The average Bonchev–Trinajstić information content (AvgIpc) is 2.91. The molecule has 0 aliphatic carbocycles. The molecule has 1 N–H and O–H groups in total. The van der Waals surface area contributed by atoms with Crippen LogP contribution in [0.1, 0.15) is 27.0 Å². The minimum atomic E-state index is -0.198. The summed E-state index contributed by atoms with van der Waals surface area (Å²) in [6.45, 7) is 0.523. The third-order valence-electron chi connectivity index (χ3n) is 5.24. The van der Waals surface area contributed by atoms with Gasteiger partial charge >= 0.3 is 0 Å². The van der Waals surface area contributed by atoms with Crippen LogP contribution in [0.3, 0.4) is 0 Å². The zero-order valence-electron chi connectivity index (χ0n) is 18.7. The topological polar surface area (TPSA) is 65.0 Å². The summed E-state index contributed by atoms with van der Waals surface area (Å²) in [7, 11) is 0. The lowest BCUT2D eigenvalue weighted by Gasteiger charge is -2.13. The van der Waals surface area contributed by atoms with Crippen molar-refractivity contribution in [3.05, 3.63) is 125 Å². The highest BCUT2D eigenvalue weighted by Crippen LogP contribution is 2.26. The standard InChI is InChI=1S/C29H26O5/c30-18-25-13-16-27(33-20-23-9-5-2-6-10-23)17-29(25)34-21-28(31)24-11-14-26(15-12-24)32-19-22-7-3-1-4-8-22/h1-17,30H,18-21H2. The van der Waals surface area contributed by atoms with Crippen molar-refractivity contribution in [2.24, 2.45) is 0 Å². The second-order valence-corrected chi connectivity index (χ2v) is 7.71. The molecule has 0 fully saturated rings. The van der Waals surface area contributed by atoms with Crippen molar-refractivity contribution in [3.8, 4) is 17.2 Å². The zero-order chi connectivity index (χ0) is 23.6. The molecule has 0 saturated carbocycles. The highest BCUT2D eigenvalue weighted by Gasteiger charge is 2.11. The maximum Gasteiger partial charge on any atom is 0.200 e. The van der Waals surface area contributed by atoms with Gasteiger partial charge in [-0.15, -0.1) is 0 Å². The summed E-state index contributed by atoms with van der Waals surface area (Å²) in [4.78, 5) is 12.6. The van der Waals surface area contributed by atoms with Crippen molar-refractivity contribution >= 4 is 5.78 Å². The number of ether oxygens (including phenoxy) is 3. The molecule has 5 heteroatoms. The van der Waals surface area contributed by atoms with Gasteiger partial charge in [0, 0.05) is 17.2 Å². The Morgan fingerprint density at radius 3 is 1.79 bits per heavy atom. The Kier molecular flexibility index (Phi) is 7.93. The summed E-state index contributed by atoms with van der Waals surface area (Å²) >= 11 is 0. The maximum absolute atomic E-state index is 12.6. The Hall–Kier alpha value is -4.09. The Morgan fingerprint density at radius 2 is 1.21 bits per heavy atom. The lowest BCUT2D eigenvalue weighted by atomic mass is 10.1. The number of Topliss-reactive ketones (excluding diaryl/α,β-unsaturated/α-hetero) is 1. The molecule has 172 valence electrons. The summed E-state index contributed by atoms with van der Waals surface area (Å²) < 4.78 is 17.4. The van der Waals surface area contributed by atoms with E-state index in [1.165, 1.54) is 0 Å². The summed E-state index contributed by atoms with van der Waals surface area (Å²) in [5, 5.41) is 9.64. The van der Waals surface area contributed by atoms with Gasteiger partial charge in [0.25, 0.3) is 0 Å². The highest BCUT2D eigenvalue weighted by atomic mass is 16.5. The summed E-state index contributed by atoms with van der Waals surface area (Å²) in [5.74, 6) is 1.54. The fourth-order valence-corrected chi connectivity index (χ4v) is 3.34. The predicted molar refractivity (Wildman–Crippen MR) is 130 cm³/mol. The van der Waals surface area contributed by atoms with Crippen LogP contribution in [0.2, 0.25) is 0 Å². The molecule has 4 aromatic carbocycles. The molecule has 0 heterocycles. The van der Waals surface area contributed by atoms with Crippen LogP contribution in [0.15, 0.2) is 103 Å². The van der Waals surface area contributed by atoms with Gasteiger partial charge in [0.15, 0.2) is 12.4 Å². The quantitative estimate of drug-likeness (QED) is 0.299. The Labute approximate surface area is 199 Å². The fraction of sp³-hybridized carbons (Fsp3) is 0.138. The number of aliphatic hydroxyl groups excluding tert-OH is 1. The van der Waals surface area contributed by atoms with E-state index in [4.69, 9.17) is 14.2 Å². The van der Waals surface area contributed by atoms with Crippen molar-refractivity contribution in [3.63, 3.8) is 0 Å². The molecule has 0 atom stereocenters. The number of hydrogen-bond donors (Lipinski definition) is 1. The van der Waals surface area contributed by atoms with E-state index in [0.29, 0.717) is 41.6 Å². The van der Waals surface area contributed by atoms with Crippen molar-refractivity contribution in [2.45, 2.75) is 19.8 Å². The van der Waals surface area contributed by atoms with Gasteiger partial charge in [-0.25, -0.2) is 0 Å². The van der Waals surface area contributed by atoms with Gasteiger partial charge in [0.05, 0.1) is 6.61 Å². The van der Waals surface area contributed by atoms with E-state index in [1.54, 1.807) is 42.5 Å². The smallest absolute Gasteiger partial charge is 0.200 e. The van der Waals surface area contributed by atoms with E-state index >= 15 is 0 Å². The predicted octanol–water partition coefficient (Wildman–Crippen LogP) is 5.60. The molecule has 0 radical (unpaired) electrons. The summed E-state index contributed by atoms with van der Waals surface area (Å²) in [5.41, 5.74) is 3.23. The number of ketones is 1. The van der Waals surface area contributed by atoms with Gasteiger partial charge in [-0.1, -0.05) is 60.7 Å². The first-order valence-corrected chi connectivity index (χ1v) is 11.0. The monoisotopic (exact) mass is 454 g/mol. The molecule has 0 aliphatic rings. The van der Waals surface area contributed by atoms with Crippen molar-refractivity contribution in [1.29, 1.82) is 0 Å². The fourth-order valence-electron chi connectivity index (χ4n) is 3.34. The van der Waals surface area contributed by atoms with Gasteiger partial charge in [-0.05, 0) is 47.5 Å². The first-order valence-electron chi connectivity index (χ1n) is 11.0. The molecule has 0 spiro atoms. The zero-order valence-corrected chi connectivity index (χ0v) is 18.7. The molecule has 0 aliphatic heterocycles. The van der Waals surface area contributed by atoms with Crippen LogP contribution in [0.4, 0.5) is 0 Å². The molecule has 0 amide bonds. The van der Waals surface area contributed by atoms with Gasteiger partial charge in [-0.2, -0.15) is 0 Å². The first kappa shape index (κ1) is 23.1. The summed E-state index contributed by atoms with van der Waals surface area (Å²) in [6.07, 6.45) is 0. The number of aliphatic hydroxyl groups is 1. The van der Waals surface area contributed by atoms with E-state index in [-0.39, 0.29) is 19.0 Å². The molecule has 0 unspecified atom stereocenters. The highest BCUT2D eigenvalue weighted by molar-refractivity contribution is 5.97. The Bertz CT molecular complexity index is 1190. The van der Waals surface area contributed by atoms with Crippen LogP contribution >= 0.6 is 0 Å². The molecular weight excluding hydrogens is 428 g/mol. The molecule has 4 rings (SSSR count). The number of rotatable bonds is 11. The van der Waals surface area contributed by atoms with E-state index in [9.17, 15) is 9.90 Å². The Balaban J connectivity index is 1.33. The average molecular weight is 455 g/mol.